The Morgan fingerprint density at radius 2 is 2.19 bits per heavy atom. The second kappa shape index (κ2) is 5.86. The Morgan fingerprint density at radius 3 is 2.81 bits per heavy atom. The largest absolute Gasteiger partial charge is 0.573 e. The van der Waals surface area contributed by atoms with E-state index in [1.807, 2.05) is 0 Å². The van der Waals surface area contributed by atoms with Gasteiger partial charge in [0.05, 0.1) is 6.33 Å². The van der Waals surface area contributed by atoms with Gasteiger partial charge in [0.2, 0.25) is 0 Å². The second-order valence-electron chi connectivity index (χ2n) is 4.30. The second-order valence-corrected chi connectivity index (χ2v) is 4.30. The van der Waals surface area contributed by atoms with E-state index in [1.54, 1.807) is 23.9 Å². The number of alkyl halides is 3. The van der Waals surface area contributed by atoms with Gasteiger partial charge in [-0.05, 0) is 17.7 Å². The summed E-state index contributed by atoms with van der Waals surface area (Å²) in [5.41, 5.74) is 0.723. The molecular weight excluding hydrogens is 287 g/mol. The molecule has 0 fully saturated rings. The van der Waals surface area contributed by atoms with Gasteiger partial charge in [0.1, 0.15) is 11.4 Å². The Kier molecular flexibility index (Phi) is 4.15. The molecule has 5 nitrogen and oxygen atoms in total. The highest BCUT2D eigenvalue weighted by Gasteiger charge is 2.31. The Balaban J connectivity index is 1.97. The number of nitrogens with zero attached hydrogens (tertiary/aromatic N) is 2. The highest BCUT2D eigenvalue weighted by molar-refractivity contribution is 5.91. The minimum atomic E-state index is -4.74. The zero-order chi connectivity index (χ0) is 15.5. The van der Waals surface area contributed by atoms with Crippen LogP contribution in [0.2, 0.25) is 0 Å². The summed E-state index contributed by atoms with van der Waals surface area (Å²) in [6, 6.07) is 5.41. The fourth-order valence-electron chi connectivity index (χ4n) is 1.66. The molecule has 1 amide bonds. The molecule has 0 saturated heterocycles. The lowest BCUT2D eigenvalue weighted by Crippen LogP contribution is -2.23. The Labute approximate surface area is 118 Å². The first-order chi connectivity index (χ1) is 9.83. The molecule has 2 aromatic rings. The summed E-state index contributed by atoms with van der Waals surface area (Å²) < 4.78 is 41.8. The predicted octanol–water partition coefficient (Wildman–Crippen LogP) is 2.25. The van der Waals surface area contributed by atoms with Crippen LogP contribution in [0, 0.1) is 0 Å². The fourth-order valence-corrected chi connectivity index (χ4v) is 1.66. The van der Waals surface area contributed by atoms with Crippen LogP contribution in [0.15, 0.2) is 36.8 Å². The third-order valence-corrected chi connectivity index (χ3v) is 2.52. The van der Waals surface area contributed by atoms with E-state index in [2.05, 4.69) is 15.0 Å². The number of hydrogen-bond acceptors (Lipinski definition) is 3. The molecular formula is C13H12F3N3O2. The molecule has 0 radical (unpaired) electrons. The minimum Gasteiger partial charge on any atom is -0.406 e. The number of aryl methyl sites for hydroxylation is 1. The SMILES string of the molecule is Cn1cnc(C(=O)NCc2cccc(OC(F)(F)F)c2)c1. The standard InChI is InChI=1S/C13H12F3N3O2/c1-19-7-11(18-8-19)12(20)17-6-9-3-2-4-10(5-9)21-13(14,15)16/h2-5,7-8H,6H2,1H3,(H,17,20). The van der Waals surface area contributed by atoms with Gasteiger partial charge >= 0.3 is 6.36 Å². The normalized spacial score (nSPS) is 11.2. The number of carbonyl (C=O) groups excluding carboxylic acids is 1. The van der Waals surface area contributed by atoms with Gasteiger partial charge in [0.15, 0.2) is 0 Å². The van der Waals surface area contributed by atoms with Gasteiger partial charge in [-0.25, -0.2) is 4.98 Å². The summed E-state index contributed by atoms with van der Waals surface area (Å²) in [5, 5.41) is 2.57. The molecule has 0 aliphatic carbocycles. The lowest BCUT2D eigenvalue weighted by atomic mass is 10.2. The van der Waals surface area contributed by atoms with E-state index < -0.39 is 12.3 Å². The van der Waals surface area contributed by atoms with E-state index in [-0.39, 0.29) is 18.0 Å². The quantitative estimate of drug-likeness (QED) is 0.942. The van der Waals surface area contributed by atoms with E-state index in [4.69, 9.17) is 0 Å². The third-order valence-electron chi connectivity index (χ3n) is 2.52. The van der Waals surface area contributed by atoms with E-state index in [9.17, 15) is 18.0 Å². The summed E-state index contributed by atoms with van der Waals surface area (Å²) in [4.78, 5) is 15.6. The molecule has 1 N–H and O–H groups in total. The number of benzene rings is 1. The summed E-state index contributed by atoms with van der Waals surface area (Å²) in [6.45, 7) is 0.0739. The summed E-state index contributed by atoms with van der Waals surface area (Å²) in [6.07, 6.45) is -1.72. The van der Waals surface area contributed by atoms with Crippen LogP contribution < -0.4 is 10.1 Å². The van der Waals surface area contributed by atoms with Crippen molar-refractivity contribution in [3.63, 3.8) is 0 Å². The molecule has 1 aromatic heterocycles. The fraction of sp³-hybridized carbons (Fsp3) is 0.231. The van der Waals surface area contributed by atoms with Crippen LogP contribution >= 0.6 is 0 Å². The molecule has 112 valence electrons. The maximum Gasteiger partial charge on any atom is 0.573 e. The number of imidazole rings is 1. The van der Waals surface area contributed by atoms with Crippen molar-refractivity contribution >= 4 is 5.91 Å². The first-order valence-corrected chi connectivity index (χ1v) is 5.94. The van der Waals surface area contributed by atoms with Crippen molar-refractivity contribution in [1.82, 2.24) is 14.9 Å². The first kappa shape index (κ1) is 14.9. The van der Waals surface area contributed by atoms with Crippen molar-refractivity contribution in [1.29, 1.82) is 0 Å². The lowest BCUT2D eigenvalue weighted by Gasteiger charge is -2.10. The Morgan fingerprint density at radius 1 is 1.43 bits per heavy atom. The maximum atomic E-state index is 12.1. The molecule has 0 unspecified atom stereocenters. The van der Waals surface area contributed by atoms with Crippen molar-refractivity contribution in [2.24, 2.45) is 7.05 Å². The smallest absolute Gasteiger partial charge is 0.406 e. The molecule has 0 aliphatic rings. The number of ether oxygens (including phenoxy) is 1. The van der Waals surface area contributed by atoms with Crippen LogP contribution in [0.3, 0.4) is 0 Å². The average Bonchev–Trinajstić information content (AvgIpc) is 2.81. The molecule has 0 atom stereocenters. The van der Waals surface area contributed by atoms with E-state index in [0.717, 1.165) is 0 Å². The molecule has 1 aromatic carbocycles. The van der Waals surface area contributed by atoms with Gasteiger partial charge in [0.25, 0.3) is 5.91 Å². The molecule has 21 heavy (non-hydrogen) atoms. The van der Waals surface area contributed by atoms with Crippen molar-refractivity contribution in [2.45, 2.75) is 12.9 Å². The zero-order valence-corrected chi connectivity index (χ0v) is 11.0. The number of aromatic nitrogens is 2. The van der Waals surface area contributed by atoms with Gasteiger partial charge in [-0.3, -0.25) is 4.79 Å². The molecule has 0 aliphatic heterocycles. The summed E-state index contributed by atoms with van der Waals surface area (Å²) in [5.74, 6) is -0.732. The molecule has 0 saturated carbocycles. The van der Waals surface area contributed by atoms with E-state index in [0.29, 0.717) is 5.56 Å². The van der Waals surface area contributed by atoms with Gasteiger partial charge in [-0.15, -0.1) is 13.2 Å². The number of nitrogens with one attached hydrogen (secondary N) is 1. The van der Waals surface area contributed by atoms with Crippen LogP contribution in [0.5, 0.6) is 5.75 Å². The van der Waals surface area contributed by atoms with Crippen LogP contribution in [0.4, 0.5) is 13.2 Å². The van der Waals surface area contributed by atoms with Gasteiger partial charge in [-0.1, -0.05) is 12.1 Å². The minimum absolute atomic E-state index is 0.0739. The predicted molar refractivity (Wildman–Crippen MR) is 67.5 cm³/mol. The first-order valence-electron chi connectivity index (χ1n) is 5.94. The van der Waals surface area contributed by atoms with Crippen LogP contribution in [-0.2, 0) is 13.6 Å². The van der Waals surface area contributed by atoms with Crippen molar-refractivity contribution in [3.05, 3.63) is 48.0 Å². The van der Waals surface area contributed by atoms with Crippen molar-refractivity contribution < 1.29 is 22.7 Å². The Bertz CT molecular complexity index is 638. The van der Waals surface area contributed by atoms with Crippen molar-refractivity contribution in [2.75, 3.05) is 0 Å². The van der Waals surface area contributed by atoms with Crippen LogP contribution in [0.1, 0.15) is 16.1 Å². The molecule has 1 heterocycles. The monoisotopic (exact) mass is 299 g/mol. The Hall–Kier alpha value is -2.51. The van der Waals surface area contributed by atoms with Crippen LogP contribution in [-0.4, -0.2) is 21.8 Å². The molecule has 8 heteroatoms. The lowest BCUT2D eigenvalue weighted by molar-refractivity contribution is -0.274. The zero-order valence-electron chi connectivity index (χ0n) is 11.0. The van der Waals surface area contributed by atoms with Gasteiger partial charge in [-0.2, -0.15) is 0 Å². The maximum absolute atomic E-state index is 12.1. The molecule has 0 bridgehead atoms. The third kappa shape index (κ3) is 4.51. The van der Waals surface area contributed by atoms with Gasteiger partial charge in [0, 0.05) is 19.8 Å². The van der Waals surface area contributed by atoms with Crippen LogP contribution in [0.25, 0.3) is 0 Å². The molecule has 2 rings (SSSR count). The number of hydrogen-bond donors (Lipinski definition) is 1. The van der Waals surface area contributed by atoms with E-state index in [1.165, 1.54) is 24.5 Å². The summed E-state index contributed by atoms with van der Waals surface area (Å²) in [7, 11) is 1.72. The number of halogens is 3. The van der Waals surface area contributed by atoms with Crippen molar-refractivity contribution in [3.8, 4) is 5.75 Å². The number of amides is 1. The highest BCUT2D eigenvalue weighted by atomic mass is 19.4. The molecule has 0 spiro atoms. The highest BCUT2D eigenvalue weighted by Crippen LogP contribution is 2.23. The van der Waals surface area contributed by atoms with E-state index >= 15 is 0 Å². The van der Waals surface area contributed by atoms with Gasteiger partial charge < -0.3 is 14.6 Å². The summed E-state index contributed by atoms with van der Waals surface area (Å²) >= 11 is 0. The number of carbonyl (C=O) groups is 1. The number of rotatable bonds is 4. The average molecular weight is 299 g/mol. The topological polar surface area (TPSA) is 56.2 Å².